The molecule has 4 aromatic rings. The van der Waals surface area contributed by atoms with Gasteiger partial charge in [-0.1, -0.05) is 24.8 Å². The zero-order valence-corrected chi connectivity index (χ0v) is 19.4. The lowest BCUT2D eigenvalue weighted by atomic mass is 10.1. The van der Waals surface area contributed by atoms with Crippen LogP contribution in [-0.2, 0) is 11.8 Å². The Bertz CT molecular complexity index is 1460. The molecule has 0 bridgehead atoms. The first kappa shape index (κ1) is 22.4. The van der Waals surface area contributed by atoms with E-state index < -0.39 is 0 Å². The van der Waals surface area contributed by atoms with E-state index >= 15 is 0 Å². The van der Waals surface area contributed by atoms with Crippen molar-refractivity contribution in [2.45, 2.75) is 18.9 Å². The minimum Gasteiger partial charge on any atom is -0.457 e. The number of hydrogen-bond acceptors (Lipinski definition) is 6. The number of nitrogens with zero attached hydrogens (tertiary/aromatic N) is 5. The second kappa shape index (κ2) is 9.09. The summed E-state index contributed by atoms with van der Waals surface area (Å²) in [6.45, 7) is 4.69. The van der Waals surface area contributed by atoms with Crippen LogP contribution in [0.3, 0.4) is 0 Å². The van der Waals surface area contributed by atoms with Gasteiger partial charge in [-0.2, -0.15) is 10.2 Å². The minimum atomic E-state index is -0.288. The highest BCUT2D eigenvalue weighted by atomic mass is 16.5. The van der Waals surface area contributed by atoms with Gasteiger partial charge in [0.2, 0.25) is 5.91 Å². The van der Waals surface area contributed by atoms with Crippen LogP contribution in [0.25, 0.3) is 22.2 Å². The molecule has 1 aliphatic heterocycles. The summed E-state index contributed by atoms with van der Waals surface area (Å²) in [5, 5.41) is 9.57. The van der Waals surface area contributed by atoms with Gasteiger partial charge in [-0.3, -0.25) is 14.3 Å². The van der Waals surface area contributed by atoms with E-state index in [1.54, 1.807) is 16.6 Å². The van der Waals surface area contributed by atoms with Crippen LogP contribution >= 0.6 is 0 Å². The van der Waals surface area contributed by atoms with Gasteiger partial charge in [0.1, 0.15) is 22.7 Å². The zero-order chi connectivity index (χ0) is 24.5. The van der Waals surface area contributed by atoms with E-state index in [9.17, 15) is 9.59 Å². The Morgan fingerprint density at radius 2 is 1.83 bits per heavy atom. The highest BCUT2D eigenvalue weighted by Crippen LogP contribution is 2.34. The van der Waals surface area contributed by atoms with Crippen molar-refractivity contribution >= 4 is 22.6 Å². The first-order valence-corrected chi connectivity index (χ1v) is 11.5. The summed E-state index contributed by atoms with van der Waals surface area (Å²) in [7, 11) is 1.57. The van der Waals surface area contributed by atoms with Crippen molar-refractivity contribution in [2.24, 2.45) is 7.05 Å². The zero-order valence-electron chi connectivity index (χ0n) is 19.4. The third kappa shape index (κ3) is 4.16. The van der Waals surface area contributed by atoms with Crippen molar-refractivity contribution in [2.75, 3.05) is 18.8 Å². The molecule has 5 rings (SSSR count). The lowest BCUT2D eigenvalue weighted by Crippen LogP contribution is -2.40. The molecule has 9 heteroatoms. The largest absolute Gasteiger partial charge is 0.457 e. The van der Waals surface area contributed by atoms with Gasteiger partial charge in [-0.05, 0) is 55.3 Å². The SMILES string of the molecule is C=CC(=O)N1CCCC(n2nc(-c3ccc(Oc4ccccc4)cc3)c3c(N)nn(C)c(=O)c32)C1. The third-order valence-corrected chi connectivity index (χ3v) is 6.26. The standard InChI is InChI=1S/C26H26N6O3/c1-3-21(33)31-15-7-8-18(16-31)32-24-22(25(27)29-30(2)26(24)34)23(28-32)17-11-13-20(14-12-17)35-19-9-5-4-6-10-19/h3-6,9-14,18H,1,7-8,15-16H2,2H3,(H2,27,29). The highest BCUT2D eigenvalue weighted by molar-refractivity contribution is 5.99. The van der Waals surface area contributed by atoms with E-state index in [-0.39, 0.29) is 23.3 Å². The maximum absolute atomic E-state index is 13.2. The number of carbonyl (C=O) groups excluding carboxylic acids is 1. The van der Waals surface area contributed by atoms with Gasteiger partial charge in [-0.25, -0.2) is 4.68 Å². The number of likely N-dealkylation sites (tertiary alicyclic amines) is 1. The maximum atomic E-state index is 13.2. The monoisotopic (exact) mass is 470 g/mol. The molecule has 1 amide bonds. The molecule has 0 spiro atoms. The molecular formula is C26H26N6O3. The fourth-order valence-electron chi connectivity index (χ4n) is 4.55. The molecule has 0 radical (unpaired) electrons. The Kier molecular flexibility index (Phi) is 5.82. The van der Waals surface area contributed by atoms with Crippen molar-refractivity contribution in [1.82, 2.24) is 24.5 Å². The van der Waals surface area contributed by atoms with Gasteiger partial charge in [0.05, 0.1) is 11.4 Å². The molecule has 1 aliphatic rings. The number of carbonyl (C=O) groups is 1. The second-order valence-corrected chi connectivity index (χ2v) is 8.55. The van der Waals surface area contributed by atoms with Gasteiger partial charge < -0.3 is 15.4 Å². The number of hydrogen-bond donors (Lipinski definition) is 1. The van der Waals surface area contributed by atoms with Gasteiger partial charge >= 0.3 is 0 Å². The van der Waals surface area contributed by atoms with Crippen LogP contribution in [0, 0.1) is 0 Å². The van der Waals surface area contributed by atoms with Gasteiger partial charge in [0, 0.05) is 25.7 Å². The number of para-hydroxylation sites is 1. The van der Waals surface area contributed by atoms with Gasteiger partial charge in [-0.15, -0.1) is 0 Å². The molecule has 1 unspecified atom stereocenters. The normalized spacial score (nSPS) is 15.8. The lowest BCUT2D eigenvalue weighted by Gasteiger charge is -2.32. The summed E-state index contributed by atoms with van der Waals surface area (Å²) in [4.78, 5) is 27.2. The average molecular weight is 471 g/mol. The number of nitrogens with two attached hydrogens (primary N) is 1. The van der Waals surface area contributed by atoms with Crippen LogP contribution in [-0.4, -0.2) is 43.5 Å². The van der Waals surface area contributed by atoms with Gasteiger partial charge in [0.25, 0.3) is 5.56 Å². The van der Waals surface area contributed by atoms with Crippen molar-refractivity contribution in [3.8, 4) is 22.8 Å². The van der Waals surface area contributed by atoms with Crippen LogP contribution in [0.4, 0.5) is 5.82 Å². The first-order valence-electron chi connectivity index (χ1n) is 11.5. The molecule has 1 fully saturated rings. The molecule has 2 aromatic carbocycles. The maximum Gasteiger partial charge on any atom is 0.292 e. The Balaban J connectivity index is 1.58. The van der Waals surface area contributed by atoms with E-state index in [2.05, 4.69) is 11.7 Å². The Morgan fingerprint density at radius 3 is 2.54 bits per heavy atom. The smallest absolute Gasteiger partial charge is 0.292 e. The summed E-state index contributed by atoms with van der Waals surface area (Å²) >= 11 is 0. The van der Waals surface area contributed by atoms with Crippen LogP contribution in [0.1, 0.15) is 18.9 Å². The summed E-state index contributed by atoms with van der Waals surface area (Å²) in [5.74, 6) is 1.51. The molecule has 35 heavy (non-hydrogen) atoms. The molecule has 3 heterocycles. The number of anilines is 1. The first-order chi connectivity index (χ1) is 17.0. The highest BCUT2D eigenvalue weighted by Gasteiger charge is 2.29. The van der Waals surface area contributed by atoms with Crippen LogP contribution in [0.2, 0.25) is 0 Å². The van der Waals surface area contributed by atoms with Crippen molar-refractivity contribution in [3.63, 3.8) is 0 Å². The van der Waals surface area contributed by atoms with E-state index in [1.165, 1.54) is 10.8 Å². The molecule has 1 saturated heterocycles. The predicted octanol–water partition coefficient (Wildman–Crippen LogP) is 3.52. The number of piperidine rings is 1. The molecule has 0 saturated carbocycles. The summed E-state index contributed by atoms with van der Waals surface area (Å²) in [5.41, 5.74) is 7.76. The number of aryl methyl sites for hydroxylation is 1. The number of amides is 1. The van der Waals surface area contributed by atoms with E-state index in [4.69, 9.17) is 15.6 Å². The molecule has 0 aliphatic carbocycles. The number of ether oxygens (including phenoxy) is 1. The Labute approximate surface area is 202 Å². The van der Waals surface area contributed by atoms with Crippen LogP contribution < -0.4 is 16.0 Å². The molecule has 9 nitrogen and oxygen atoms in total. The lowest BCUT2D eigenvalue weighted by molar-refractivity contribution is -0.127. The molecular weight excluding hydrogens is 444 g/mol. The molecule has 178 valence electrons. The topological polar surface area (TPSA) is 108 Å². The minimum absolute atomic E-state index is 0.130. The fraction of sp³-hybridized carbons (Fsp3) is 0.231. The van der Waals surface area contributed by atoms with Crippen LogP contribution in [0.15, 0.2) is 72.0 Å². The Morgan fingerprint density at radius 1 is 1.11 bits per heavy atom. The fourth-order valence-corrected chi connectivity index (χ4v) is 4.55. The van der Waals surface area contributed by atoms with Crippen molar-refractivity contribution in [1.29, 1.82) is 0 Å². The molecule has 2 N–H and O–H groups in total. The summed E-state index contributed by atoms with van der Waals surface area (Å²) in [6, 6.07) is 16.8. The van der Waals surface area contributed by atoms with E-state index in [0.717, 1.165) is 24.2 Å². The van der Waals surface area contributed by atoms with Crippen LogP contribution in [0.5, 0.6) is 11.5 Å². The van der Waals surface area contributed by atoms with E-state index in [1.807, 2.05) is 54.6 Å². The summed E-state index contributed by atoms with van der Waals surface area (Å²) in [6.07, 6.45) is 2.90. The van der Waals surface area contributed by atoms with Crippen molar-refractivity contribution in [3.05, 3.63) is 77.6 Å². The number of aromatic nitrogens is 4. The number of nitrogen functional groups attached to an aromatic ring is 1. The summed E-state index contributed by atoms with van der Waals surface area (Å²) < 4.78 is 8.85. The van der Waals surface area contributed by atoms with Crippen molar-refractivity contribution < 1.29 is 9.53 Å². The quantitative estimate of drug-likeness (QED) is 0.447. The van der Waals surface area contributed by atoms with Gasteiger partial charge in [0.15, 0.2) is 5.82 Å². The number of fused-ring (bicyclic) bond motifs is 1. The van der Waals surface area contributed by atoms with E-state index in [0.29, 0.717) is 35.4 Å². The molecule has 1 atom stereocenters. The second-order valence-electron chi connectivity index (χ2n) is 8.55. The Hall–Kier alpha value is -4.40. The number of rotatable bonds is 5. The average Bonchev–Trinajstić information content (AvgIpc) is 3.29. The third-order valence-electron chi connectivity index (χ3n) is 6.26. The molecule has 2 aromatic heterocycles. The number of benzene rings is 2. The predicted molar refractivity (Wildman–Crippen MR) is 134 cm³/mol.